The Morgan fingerprint density at radius 2 is 1.88 bits per heavy atom. The average molecular weight is 349 g/mol. The number of hydrogen-bond acceptors (Lipinski definition) is 7. The highest BCUT2D eigenvalue weighted by Crippen LogP contribution is 2.22. The Labute approximate surface area is 150 Å². The standard InChI is InChI=1S/C18H31N5O2/c1-18(2)14-22(12-16(25-18)13-24-4)11-15-9-19-17(20-10-15)23-7-5-21(3)6-8-23/h9-10,16H,5-8,11-14H2,1-4H3. The summed E-state index contributed by atoms with van der Waals surface area (Å²) < 4.78 is 11.4. The topological polar surface area (TPSA) is 54.0 Å². The lowest BCUT2D eigenvalue weighted by Gasteiger charge is -2.42. The predicted molar refractivity (Wildman–Crippen MR) is 97.8 cm³/mol. The third-order valence-electron chi connectivity index (χ3n) is 4.79. The van der Waals surface area contributed by atoms with Crippen LogP contribution < -0.4 is 4.90 Å². The Morgan fingerprint density at radius 1 is 1.20 bits per heavy atom. The zero-order valence-electron chi connectivity index (χ0n) is 15.9. The van der Waals surface area contributed by atoms with E-state index in [0.29, 0.717) is 6.61 Å². The van der Waals surface area contributed by atoms with Gasteiger partial charge >= 0.3 is 0 Å². The van der Waals surface area contributed by atoms with Gasteiger partial charge in [0.2, 0.25) is 5.95 Å². The lowest BCUT2D eigenvalue weighted by molar-refractivity contribution is -0.154. The van der Waals surface area contributed by atoms with Crippen LogP contribution in [0.25, 0.3) is 0 Å². The molecular formula is C18H31N5O2. The maximum atomic E-state index is 6.08. The van der Waals surface area contributed by atoms with Crippen LogP contribution in [-0.4, -0.2) is 91.5 Å². The van der Waals surface area contributed by atoms with Crippen LogP contribution in [0.1, 0.15) is 19.4 Å². The van der Waals surface area contributed by atoms with Crippen LogP contribution in [0.15, 0.2) is 12.4 Å². The van der Waals surface area contributed by atoms with Crippen molar-refractivity contribution in [1.29, 1.82) is 0 Å². The fourth-order valence-corrected chi connectivity index (χ4v) is 3.67. The fourth-order valence-electron chi connectivity index (χ4n) is 3.67. The lowest BCUT2D eigenvalue weighted by Crippen LogP contribution is -2.53. The second-order valence-electron chi connectivity index (χ2n) is 7.81. The largest absolute Gasteiger partial charge is 0.382 e. The van der Waals surface area contributed by atoms with E-state index in [0.717, 1.165) is 57.3 Å². The molecule has 2 saturated heterocycles. The quantitative estimate of drug-likeness (QED) is 0.781. The number of likely N-dealkylation sites (N-methyl/N-ethyl adjacent to an activating group) is 1. The highest BCUT2D eigenvalue weighted by atomic mass is 16.5. The van der Waals surface area contributed by atoms with E-state index in [2.05, 4.69) is 45.6 Å². The maximum absolute atomic E-state index is 6.08. The van der Waals surface area contributed by atoms with Crippen LogP contribution in [-0.2, 0) is 16.0 Å². The van der Waals surface area contributed by atoms with E-state index >= 15 is 0 Å². The second-order valence-corrected chi connectivity index (χ2v) is 7.81. The van der Waals surface area contributed by atoms with Gasteiger partial charge in [-0.25, -0.2) is 9.97 Å². The average Bonchev–Trinajstić information content (AvgIpc) is 2.55. The van der Waals surface area contributed by atoms with E-state index in [-0.39, 0.29) is 11.7 Å². The molecule has 2 aliphatic rings. The minimum absolute atomic E-state index is 0.110. The van der Waals surface area contributed by atoms with Crippen LogP contribution in [0.2, 0.25) is 0 Å². The number of methoxy groups -OCH3 is 1. The van der Waals surface area contributed by atoms with Gasteiger partial charge in [0.1, 0.15) is 0 Å². The highest BCUT2D eigenvalue weighted by molar-refractivity contribution is 5.30. The molecule has 1 unspecified atom stereocenters. The zero-order chi connectivity index (χ0) is 17.9. The molecule has 25 heavy (non-hydrogen) atoms. The van der Waals surface area contributed by atoms with Gasteiger partial charge in [0.15, 0.2) is 0 Å². The molecule has 7 heteroatoms. The van der Waals surface area contributed by atoms with Gasteiger partial charge in [0, 0.05) is 70.9 Å². The van der Waals surface area contributed by atoms with Gasteiger partial charge in [-0.3, -0.25) is 4.90 Å². The molecule has 0 N–H and O–H groups in total. The molecule has 2 aliphatic heterocycles. The fraction of sp³-hybridized carbons (Fsp3) is 0.778. The van der Waals surface area contributed by atoms with Crippen molar-refractivity contribution < 1.29 is 9.47 Å². The van der Waals surface area contributed by atoms with Gasteiger partial charge in [0.05, 0.1) is 18.3 Å². The first-order valence-electron chi connectivity index (χ1n) is 9.09. The van der Waals surface area contributed by atoms with Crippen molar-refractivity contribution in [2.75, 3.05) is 64.9 Å². The van der Waals surface area contributed by atoms with E-state index in [9.17, 15) is 0 Å². The number of morpholine rings is 1. The zero-order valence-corrected chi connectivity index (χ0v) is 15.9. The number of hydrogen-bond donors (Lipinski definition) is 0. The van der Waals surface area contributed by atoms with Crippen molar-refractivity contribution in [2.24, 2.45) is 0 Å². The normalized spacial score (nSPS) is 25.3. The van der Waals surface area contributed by atoms with Gasteiger partial charge in [-0.1, -0.05) is 0 Å². The third-order valence-corrected chi connectivity index (χ3v) is 4.79. The summed E-state index contributed by atoms with van der Waals surface area (Å²) >= 11 is 0. The van der Waals surface area contributed by atoms with E-state index < -0.39 is 0 Å². The third kappa shape index (κ3) is 5.10. The van der Waals surface area contributed by atoms with Crippen LogP contribution in [0.5, 0.6) is 0 Å². The van der Waals surface area contributed by atoms with E-state index in [4.69, 9.17) is 9.47 Å². The molecule has 0 spiro atoms. The summed E-state index contributed by atoms with van der Waals surface area (Å²) in [5, 5.41) is 0. The Bertz CT molecular complexity index is 543. The summed E-state index contributed by atoms with van der Waals surface area (Å²) in [5.41, 5.74) is 0.981. The first-order chi connectivity index (χ1) is 11.9. The number of ether oxygens (including phenoxy) is 2. The molecular weight excluding hydrogens is 318 g/mol. The first kappa shape index (κ1) is 18.5. The maximum Gasteiger partial charge on any atom is 0.225 e. The van der Waals surface area contributed by atoms with E-state index in [1.54, 1.807) is 7.11 Å². The molecule has 0 saturated carbocycles. The Balaban J connectivity index is 1.59. The van der Waals surface area contributed by atoms with E-state index in [1.165, 1.54) is 0 Å². The minimum Gasteiger partial charge on any atom is -0.382 e. The molecule has 0 aromatic carbocycles. The van der Waals surface area contributed by atoms with Crippen molar-refractivity contribution >= 4 is 5.95 Å². The van der Waals surface area contributed by atoms with Crippen molar-refractivity contribution in [3.05, 3.63) is 18.0 Å². The number of aromatic nitrogens is 2. The first-order valence-corrected chi connectivity index (χ1v) is 9.09. The molecule has 0 bridgehead atoms. The van der Waals surface area contributed by atoms with Crippen molar-refractivity contribution in [3.8, 4) is 0 Å². The van der Waals surface area contributed by atoms with Crippen LogP contribution in [0, 0.1) is 0 Å². The van der Waals surface area contributed by atoms with Crippen LogP contribution in [0.4, 0.5) is 5.95 Å². The van der Waals surface area contributed by atoms with Gasteiger partial charge in [-0.05, 0) is 20.9 Å². The van der Waals surface area contributed by atoms with Gasteiger partial charge in [-0.2, -0.15) is 0 Å². The summed E-state index contributed by atoms with van der Waals surface area (Å²) in [6, 6.07) is 0. The lowest BCUT2D eigenvalue weighted by atomic mass is 10.0. The van der Waals surface area contributed by atoms with Crippen LogP contribution >= 0.6 is 0 Å². The molecule has 1 atom stereocenters. The van der Waals surface area contributed by atoms with E-state index in [1.807, 2.05) is 12.4 Å². The molecule has 140 valence electrons. The number of piperazine rings is 1. The smallest absolute Gasteiger partial charge is 0.225 e. The summed E-state index contributed by atoms with van der Waals surface area (Å²) in [5.74, 6) is 0.844. The number of anilines is 1. The molecule has 3 rings (SSSR count). The van der Waals surface area contributed by atoms with Gasteiger partial charge in [0.25, 0.3) is 0 Å². The Kier molecular flexibility index (Phi) is 5.89. The summed E-state index contributed by atoms with van der Waals surface area (Å²) in [6.07, 6.45) is 4.04. The van der Waals surface area contributed by atoms with Crippen LogP contribution in [0.3, 0.4) is 0 Å². The SMILES string of the molecule is COCC1CN(Cc2cnc(N3CCN(C)CC3)nc2)CC(C)(C)O1. The molecule has 2 fully saturated rings. The Hall–Kier alpha value is -1.28. The molecule has 0 amide bonds. The molecule has 7 nitrogen and oxygen atoms in total. The van der Waals surface area contributed by atoms with Crippen molar-refractivity contribution in [1.82, 2.24) is 19.8 Å². The number of rotatable bonds is 5. The molecule has 3 heterocycles. The highest BCUT2D eigenvalue weighted by Gasteiger charge is 2.33. The molecule has 0 aliphatic carbocycles. The van der Waals surface area contributed by atoms with Gasteiger partial charge < -0.3 is 19.3 Å². The predicted octanol–water partition coefficient (Wildman–Crippen LogP) is 0.854. The van der Waals surface area contributed by atoms with Crippen molar-refractivity contribution in [2.45, 2.75) is 32.1 Å². The molecule has 1 aromatic heterocycles. The molecule has 1 aromatic rings. The molecule has 0 radical (unpaired) electrons. The van der Waals surface area contributed by atoms with Crippen molar-refractivity contribution in [3.63, 3.8) is 0 Å². The van der Waals surface area contributed by atoms with Gasteiger partial charge in [-0.15, -0.1) is 0 Å². The Morgan fingerprint density at radius 3 is 2.52 bits per heavy atom. The second kappa shape index (κ2) is 7.95. The summed E-state index contributed by atoms with van der Waals surface area (Å²) in [6.45, 7) is 11.6. The number of nitrogens with zero attached hydrogens (tertiary/aromatic N) is 5. The minimum atomic E-state index is -0.165. The summed E-state index contributed by atoms with van der Waals surface area (Å²) in [4.78, 5) is 16.2. The summed E-state index contributed by atoms with van der Waals surface area (Å²) in [7, 11) is 3.88. The monoisotopic (exact) mass is 349 g/mol.